The van der Waals surface area contributed by atoms with Crippen LogP contribution in [-0.4, -0.2) is 20.1 Å². The van der Waals surface area contributed by atoms with Gasteiger partial charge in [0.1, 0.15) is 0 Å². The summed E-state index contributed by atoms with van der Waals surface area (Å²) in [6, 6.07) is 2.65. The number of rotatable bonds is 2. The zero-order chi connectivity index (χ0) is 11.6. The molecule has 0 bridgehead atoms. The highest BCUT2D eigenvalue weighted by Crippen LogP contribution is 2.39. The Hall–Kier alpha value is -0.880. The quantitative estimate of drug-likeness (QED) is 0.566. The maximum absolute atomic E-state index is 11.0. The van der Waals surface area contributed by atoms with E-state index in [1.54, 1.807) is 0 Å². The smallest absolute Gasteiger partial charge is 0.427 e. The molecule has 88 valence electrons. The second-order valence-corrected chi connectivity index (χ2v) is 4.72. The van der Waals surface area contributed by atoms with E-state index in [0.29, 0.717) is 0 Å². The lowest BCUT2D eigenvalue weighted by Crippen LogP contribution is -3.00. The lowest BCUT2D eigenvalue weighted by Gasteiger charge is -2.04. The molecule has 0 aliphatic rings. The highest BCUT2D eigenvalue weighted by Gasteiger charge is 2.29. The molecular weight excluding hydrogens is 324 g/mol. The van der Waals surface area contributed by atoms with Crippen molar-refractivity contribution < 1.29 is 30.1 Å². The number of ether oxygens (including phenoxy) is 1. The molecule has 0 radical (unpaired) electrons. The second kappa shape index (κ2) is 5.45. The largest absolute Gasteiger partial charge is 1.00 e. The van der Waals surface area contributed by atoms with Gasteiger partial charge < -0.3 is 17.1 Å². The molecular formula is C7H6BrClN2O4S. The molecule has 1 rings (SSSR count). The molecule has 0 aliphatic heterocycles. The summed E-state index contributed by atoms with van der Waals surface area (Å²) in [5.74, 6) is -0.227. The van der Waals surface area contributed by atoms with Gasteiger partial charge in [0.2, 0.25) is 11.1 Å². The Kier molecular flexibility index (Phi) is 5.15. The molecule has 0 amide bonds. The Bertz CT molecular complexity index is 540. The molecule has 0 heterocycles. The van der Waals surface area contributed by atoms with Crippen LogP contribution >= 0.6 is 15.9 Å². The number of halogens is 2. The van der Waals surface area contributed by atoms with Gasteiger partial charge in [0.15, 0.2) is 9.87 Å². The minimum absolute atomic E-state index is 0. The van der Waals surface area contributed by atoms with Gasteiger partial charge in [0, 0.05) is 10.5 Å². The minimum Gasteiger partial charge on any atom is -1.00 e. The summed E-state index contributed by atoms with van der Waals surface area (Å²) in [7, 11) is -3.25. The lowest BCUT2D eigenvalue weighted by molar-refractivity contribution is -0.00000774. The SMILES string of the molecule is COc1c([N+]#N)ccc(Br)c1S(=O)(=O)O.[Cl-]. The van der Waals surface area contributed by atoms with E-state index in [1.807, 2.05) is 0 Å². The first-order valence-corrected chi connectivity index (χ1v) is 5.84. The number of methoxy groups -OCH3 is 1. The summed E-state index contributed by atoms with van der Waals surface area (Å²) in [6.07, 6.45) is 0. The van der Waals surface area contributed by atoms with Gasteiger partial charge in [-0.15, -0.1) is 0 Å². The van der Waals surface area contributed by atoms with Crippen LogP contribution in [0.5, 0.6) is 5.75 Å². The van der Waals surface area contributed by atoms with E-state index >= 15 is 0 Å². The number of diazo groups is 1. The fourth-order valence-corrected chi connectivity index (χ4v) is 2.71. The van der Waals surface area contributed by atoms with Crippen LogP contribution < -0.4 is 17.1 Å². The van der Waals surface area contributed by atoms with Gasteiger partial charge in [0.25, 0.3) is 10.1 Å². The van der Waals surface area contributed by atoms with Gasteiger partial charge in [-0.3, -0.25) is 4.55 Å². The first-order valence-electron chi connectivity index (χ1n) is 3.61. The predicted molar refractivity (Wildman–Crippen MR) is 55.3 cm³/mol. The van der Waals surface area contributed by atoms with Crippen LogP contribution in [0.2, 0.25) is 0 Å². The van der Waals surface area contributed by atoms with E-state index in [1.165, 1.54) is 19.2 Å². The average Bonchev–Trinajstić information content (AvgIpc) is 2.15. The maximum Gasteiger partial charge on any atom is 0.427 e. The first-order chi connectivity index (χ1) is 6.91. The van der Waals surface area contributed by atoms with E-state index in [2.05, 4.69) is 20.9 Å². The summed E-state index contributed by atoms with van der Waals surface area (Å²) in [6.45, 7) is 0. The summed E-state index contributed by atoms with van der Waals surface area (Å²) in [5, 5.41) is 8.58. The van der Waals surface area contributed by atoms with Gasteiger partial charge in [-0.2, -0.15) is 8.42 Å². The molecule has 0 saturated carbocycles. The first kappa shape index (κ1) is 15.1. The Balaban J connectivity index is 0.00000225. The molecule has 16 heavy (non-hydrogen) atoms. The van der Waals surface area contributed by atoms with Crippen molar-refractivity contribution in [3.05, 3.63) is 21.6 Å². The van der Waals surface area contributed by atoms with Gasteiger partial charge in [-0.25, -0.2) is 0 Å². The van der Waals surface area contributed by atoms with E-state index in [-0.39, 0.29) is 28.3 Å². The Labute approximate surface area is 107 Å². The fourth-order valence-electron chi connectivity index (χ4n) is 1.04. The van der Waals surface area contributed by atoms with Crippen LogP contribution in [0.3, 0.4) is 0 Å². The molecule has 0 spiro atoms. The van der Waals surface area contributed by atoms with Crippen LogP contribution in [0, 0.1) is 5.39 Å². The third-order valence-corrected chi connectivity index (χ3v) is 3.46. The summed E-state index contributed by atoms with van der Waals surface area (Å²) in [5.41, 5.74) is -0.0895. The standard InChI is InChI=1S/C7H5BrN2O4S.ClH/c1-14-6-5(10-9)3-2-4(8)7(6)15(11,12)13;/h2-3H,1H3;1H. The van der Waals surface area contributed by atoms with Crippen LogP contribution in [0.1, 0.15) is 0 Å². The van der Waals surface area contributed by atoms with E-state index in [0.717, 1.165) is 0 Å². The van der Waals surface area contributed by atoms with Crippen LogP contribution in [0.25, 0.3) is 4.98 Å². The molecule has 0 aromatic heterocycles. The van der Waals surface area contributed by atoms with Crippen molar-refractivity contribution in [3.63, 3.8) is 0 Å². The fraction of sp³-hybridized carbons (Fsp3) is 0.143. The summed E-state index contributed by atoms with van der Waals surface area (Å²) in [4.78, 5) is 2.36. The van der Waals surface area contributed by atoms with Crippen molar-refractivity contribution in [2.75, 3.05) is 7.11 Å². The highest BCUT2D eigenvalue weighted by molar-refractivity contribution is 9.10. The molecule has 0 saturated heterocycles. The van der Waals surface area contributed by atoms with Crippen molar-refractivity contribution in [1.82, 2.24) is 0 Å². The third kappa shape index (κ3) is 2.82. The van der Waals surface area contributed by atoms with Crippen molar-refractivity contribution in [2.24, 2.45) is 0 Å². The van der Waals surface area contributed by atoms with Gasteiger partial charge in [-0.05, 0) is 22.0 Å². The number of hydrogen-bond acceptors (Lipinski definition) is 4. The number of hydrogen-bond donors (Lipinski definition) is 1. The number of benzene rings is 1. The minimum atomic E-state index is -4.45. The zero-order valence-electron chi connectivity index (χ0n) is 7.89. The predicted octanol–water partition coefficient (Wildman–Crippen LogP) is -0.807. The molecule has 0 atom stereocenters. The Morgan fingerprint density at radius 2 is 2.06 bits per heavy atom. The highest BCUT2D eigenvalue weighted by atomic mass is 79.9. The Morgan fingerprint density at radius 1 is 1.50 bits per heavy atom. The van der Waals surface area contributed by atoms with E-state index in [4.69, 9.17) is 14.7 Å². The molecule has 0 fully saturated rings. The summed E-state index contributed by atoms with van der Waals surface area (Å²) < 4.78 is 35.9. The van der Waals surface area contributed by atoms with Crippen LogP contribution in [0.15, 0.2) is 21.5 Å². The zero-order valence-corrected chi connectivity index (χ0v) is 11.0. The van der Waals surface area contributed by atoms with Gasteiger partial charge in [-0.1, -0.05) is 0 Å². The average molecular weight is 330 g/mol. The van der Waals surface area contributed by atoms with Crippen molar-refractivity contribution >= 4 is 31.7 Å². The van der Waals surface area contributed by atoms with Crippen molar-refractivity contribution in [1.29, 1.82) is 5.39 Å². The number of nitrogens with zero attached hydrogens (tertiary/aromatic N) is 2. The van der Waals surface area contributed by atoms with E-state index in [9.17, 15) is 8.42 Å². The van der Waals surface area contributed by atoms with Gasteiger partial charge >= 0.3 is 5.69 Å². The molecule has 1 aromatic rings. The normalized spacial score (nSPS) is 10.1. The molecule has 6 nitrogen and oxygen atoms in total. The maximum atomic E-state index is 11.0. The van der Waals surface area contributed by atoms with Crippen molar-refractivity contribution in [3.8, 4) is 5.75 Å². The van der Waals surface area contributed by atoms with Crippen LogP contribution in [-0.2, 0) is 10.1 Å². The molecule has 9 heteroatoms. The van der Waals surface area contributed by atoms with E-state index < -0.39 is 15.0 Å². The molecule has 0 aliphatic carbocycles. The molecule has 0 unspecified atom stereocenters. The summed E-state index contributed by atoms with van der Waals surface area (Å²) >= 11 is 2.94. The third-order valence-electron chi connectivity index (χ3n) is 1.61. The van der Waals surface area contributed by atoms with Crippen LogP contribution in [0.4, 0.5) is 5.69 Å². The monoisotopic (exact) mass is 328 g/mol. The van der Waals surface area contributed by atoms with Gasteiger partial charge in [0.05, 0.1) is 7.11 Å². The molecule has 1 aromatic carbocycles. The Morgan fingerprint density at radius 3 is 2.44 bits per heavy atom. The second-order valence-electron chi connectivity index (χ2n) is 2.50. The van der Waals surface area contributed by atoms with Crippen molar-refractivity contribution in [2.45, 2.75) is 4.90 Å². The molecule has 1 N–H and O–H groups in total. The lowest BCUT2D eigenvalue weighted by atomic mass is 10.3. The topological polar surface area (TPSA) is 91.8 Å².